The number of urea groups is 1. The van der Waals surface area contributed by atoms with Crippen LogP contribution in [-0.4, -0.2) is 34.2 Å². The molecule has 10 heteroatoms. The van der Waals surface area contributed by atoms with Crippen LogP contribution in [0.5, 0.6) is 0 Å². The summed E-state index contributed by atoms with van der Waals surface area (Å²) in [7, 11) is 0. The third-order valence-electron chi connectivity index (χ3n) is 4.35. The van der Waals surface area contributed by atoms with E-state index >= 15 is 0 Å². The topological polar surface area (TPSA) is 122 Å². The second-order valence-electron chi connectivity index (χ2n) is 6.28. The molecule has 0 spiro atoms. The number of rotatable bonds is 5. The second kappa shape index (κ2) is 7.28. The van der Waals surface area contributed by atoms with Crippen LogP contribution in [0.2, 0.25) is 5.02 Å². The molecule has 1 aliphatic heterocycles. The van der Waals surface area contributed by atoms with Gasteiger partial charge in [0.05, 0.1) is 4.92 Å². The fourth-order valence-corrected chi connectivity index (χ4v) is 3.07. The highest BCUT2D eigenvalue weighted by Crippen LogP contribution is 2.29. The molecule has 0 bridgehead atoms. The molecule has 4 amide bonds. The first-order valence-corrected chi connectivity index (χ1v) is 8.53. The molecule has 0 radical (unpaired) electrons. The van der Waals surface area contributed by atoms with Crippen LogP contribution < -0.4 is 10.6 Å². The summed E-state index contributed by atoms with van der Waals surface area (Å²) in [6, 6.07) is 11.7. The van der Waals surface area contributed by atoms with Crippen LogP contribution in [-0.2, 0) is 15.1 Å². The fourth-order valence-electron chi connectivity index (χ4n) is 2.88. The maximum atomic E-state index is 12.8. The molecular formula is C18H15ClN4O5. The van der Waals surface area contributed by atoms with Crippen LogP contribution >= 0.6 is 11.6 Å². The summed E-state index contributed by atoms with van der Waals surface area (Å²) in [5.41, 5.74) is -0.938. The van der Waals surface area contributed by atoms with Crippen LogP contribution in [0.3, 0.4) is 0 Å². The van der Waals surface area contributed by atoms with Gasteiger partial charge in [-0.3, -0.25) is 24.6 Å². The van der Waals surface area contributed by atoms with E-state index in [-0.39, 0.29) is 16.4 Å². The number of nitrogens with zero attached hydrogens (tertiary/aromatic N) is 2. The van der Waals surface area contributed by atoms with Crippen LogP contribution in [0.25, 0.3) is 0 Å². The van der Waals surface area contributed by atoms with Gasteiger partial charge in [0.25, 0.3) is 11.6 Å². The molecule has 2 N–H and O–H groups in total. The van der Waals surface area contributed by atoms with Gasteiger partial charge < -0.3 is 10.6 Å². The number of benzene rings is 2. The molecule has 1 aliphatic rings. The number of nitro benzene ring substituents is 1. The minimum absolute atomic E-state index is 0.0734. The largest absolute Gasteiger partial charge is 0.325 e. The minimum atomic E-state index is -1.28. The molecule has 0 unspecified atom stereocenters. The lowest BCUT2D eigenvalue weighted by atomic mass is 9.92. The van der Waals surface area contributed by atoms with E-state index in [0.717, 1.165) is 11.0 Å². The SMILES string of the molecule is C[C@]1(c2ccccc2)NC(=O)N(CC(=O)Nc2ccc(Cl)c([N+](=O)[O-])c2)C1=O. The number of nitro groups is 1. The van der Waals surface area contributed by atoms with E-state index < -0.39 is 34.9 Å². The number of imide groups is 1. The molecule has 3 rings (SSSR count). The van der Waals surface area contributed by atoms with Gasteiger partial charge in [0, 0.05) is 11.8 Å². The highest BCUT2D eigenvalue weighted by molar-refractivity contribution is 6.32. The maximum absolute atomic E-state index is 12.8. The summed E-state index contributed by atoms with van der Waals surface area (Å²) in [5, 5.41) is 15.9. The van der Waals surface area contributed by atoms with Crippen molar-refractivity contribution in [2.24, 2.45) is 0 Å². The Hall–Kier alpha value is -3.46. The molecule has 0 aromatic heterocycles. The maximum Gasteiger partial charge on any atom is 0.325 e. The average molecular weight is 403 g/mol. The summed E-state index contributed by atoms with van der Waals surface area (Å²) < 4.78 is 0. The number of carbonyl (C=O) groups is 3. The molecule has 28 heavy (non-hydrogen) atoms. The molecule has 1 atom stereocenters. The first-order chi connectivity index (χ1) is 13.2. The predicted octanol–water partition coefficient (Wildman–Crippen LogP) is 2.65. The Bertz CT molecular complexity index is 981. The first-order valence-electron chi connectivity index (χ1n) is 8.16. The van der Waals surface area contributed by atoms with Crippen LogP contribution in [0.4, 0.5) is 16.2 Å². The van der Waals surface area contributed by atoms with Crippen molar-refractivity contribution in [1.82, 2.24) is 10.2 Å². The third kappa shape index (κ3) is 3.52. The van der Waals surface area contributed by atoms with E-state index in [2.05, 4.69) is 10.6 Å². The average Bonchev–Trinajstić information content (AvgIpc) is 2.88. The van der Waals surface area contributed by atoms with Gasteiger partial charge >= 0.3 is 6.03 Å². The van der Waals surface area contributed by atoms with Gasteiger partial charge in [-0.05, 0) is 24.6 Å². The number of amides is 4. The molecular weight excluding hydrogens is 388 g/mol. The number of carbonyl (C=O) groups excluding carboxylic acids is 3. The molecule has 2 aromatic carbocycles. The summed E-state index contributed by atoms with van der Waals surface area (Å²) in [5.74, 6) is -1.25. The molecule has 0 aliphatic carbocycles. The Morgan fingerprint density at radius 2 is 1.93 bits per heavy atom. The van der Waals surface area contributed by atoms with Gasteiger partial charge in [-0.15, -0.1) is 0 Å². The highest BCUT2D eigenvalue weighted by atomic mass is 35.5. The van der Waals surface area contributed by atoms with E-state index in [0.29, 0.717) is 5.56 Å². The lowest BCUT2D eigenvalue weighted by molar-refractivity contribution is -0.384. The highest BCUT2D eigenvalue weighted by Gasteiger charge is 2.49. The van der Waals surface area contributed by atoms with Crippen LogP contribution in [0, 0.1) is 10.1 Å². The van der Waals surface area contributed by atoms with E-state index in [1.54, 1.807) is 37.3 Å². The van der Waals surface area contributed by atoms with Gasteiger partial charge in [-0.2, -0.15) is 0 Å². The van der Waals surface area contributed by atoms with E-state index in [1.807, 2.05) is 0 Å². The summed E-state index contributed by atoms with van der Waals surface area (Å²) >= 11 is 5.73. The fraction of sp³-hybridized carbons (Fsp3) is 0.167. The Morgan fingerprint density at radius 1 is 1.25 bits per heavy atom. The van der Waals surface area contributed by atoms with Crippen molar-refractivity contribution in [2.75, 3.05) is 11.9 Å². The Balaban J connectivity index is 1.74. The van der Waals surface area contributed by atoms with Crippen LogP contribution in [0.1, 0.15) is 12.5 Å². The normalized spacial score (nSPS) is 18.7. The number of halogens is 1. The zero-order chi connectivity index (χ0) is 20.5. The smallest absolute Gasteiger partial charge is 0.324 e. The van der Waals surface area contributed by atoms with Crippen molar-refractivity contribution >= 4 is 40.8 Å². The zero-order valence-corrected chi connectivity index (χ0v) is 15.4. The quantitative estimate of drug-likeness (QED) is 0.452. The van der Waals surface area contributed by atoms with Crippen LogP contribution in [0.15, 0.2) is 48.5 Å². The first kappa shape index (κ1) is 19.3. The van der Waals surface area contributed by atoms with Crippen molar-refractivity contribution in [3.63, 3.8) is 0 Å². The van der Waals surface area contributed by atoms with Gasteiger partial charge in [-0.1, -0.05) is 41.9 Å². The van der Waals surface area contributed by atoms with Crippen molar-refractivity contribution in [2.45, 2.75) is 12.5 Å². The number of hydrogen-bond acceptors (Lipinski definition) is 5. The monoisotopic (exact) mass is 402 g/mol. The van der Waals surface area contributed by atoms with Gasteiger partial charge in [0.1, 0.15) is 17.1 Å². The summed E-state index contributed by atoms with van der Waals surface area (Å²) in [6.45, 7) is 1.02. The van der Waals surface area contributed by atoms with E-state index in [4.69, 9.17) is 11.6 Å². The Morgan fingerprint density at radius 3 is 2.57 bits per heavy atom. The Kier molecular flexibility index (Phi) is 5.02. The van der Waals surface area contributed by atoms with E-state index in [1.165, 1.54) is 12.1 Å². The molecule has 1 heterocycles. The standard InChI is InChI=1S/C18H15ClN4O5/c1-18(11-5-3-2-4-6-11)16(25)22(17(26)21-18)10-15(24)20-12-7-8-13(19)14(9-12)23(27)28/h2-9H,10H2,1H3,(H,20,24)(H,21,26)/t18-/m1/s1. The van der Waals surface area contributed by atoms with Gasteiger partial charge in [-0.25, -0.2) is 4.79 Å². The minimum Gasteiger partial charge on any atom is -0.324 e. The lowest BCUT2D eigenvalue weighted by Crippen LogP contribution is -2.42. The third-order valence-corrected chi connectivity index (χ3v) is 4.67. The summed E-state index contributed by atoms with van der Waals surface area (Å²) in [6.07, 6.45) is 0. The van der Waals surface area contributed by atoms with Crippen molar-refractivity contribution < 1.29 is 19.3 Å². The Labute approximate surface area is 164 Å². The predicted molar refractivity (Wildman–Crippen MR) is 101 cm³/mol. The van der Waals surface area contributed by atoms with E-state index in [9.17, 15) is 24.5 Å². The van der Waals surface area contributed by atoms with Crippen molar-refractivity contribution in [1.29, 1.82) is 0 Å². The van der Waals surface area contributed by atoms with Gasteiger partial charge in [0.2, 0.25) is 5.91 Å². The molecule has 144 valence electrons. The number of anilines is 1. The zero-order valence-electron chi connectivity index (χ0n) is 14.6. The lowest BCUT2D eigenvalue weighted by Gasteiger charge is -2.22. The van der Waals surface area contributed by atoms with Gasteiger partial charge in [0.15, 0.2) is 0 Å². The molecule has 9 nitrogen and oxygen atoms in total. The number of hydrogen-bond donors (Lipinski definition) is 2. The molecule has 2 aromatic rings. The number of nitrogens with one attached hydrogen (secondary N) is 2. The van der Waals surface area contributed by atoms with Crippen molar-refractivity contribution in [3.8, 4) is 0 Å². The molecule has 0 saturated carbocycles. The second-order valence-corrected chi connectivity index (χ2v) is 6.69. The van der Waals surface area contributed by atoms with Crippen molar-refractivity contribution in [3.05, 3.63) is 69.2 Å². The molecule has 1 saturated heterocycles. The summed E-state index contributed by atoms with van der Waals surface area (Å²) in [4.78, 5) is 48.4. The molecule has 1 fully saturated rings.